The molecule has 0 bridgehead atoms. The van der Waals surface area contributed by atoms with Crippen LogP contribution in [0.15, 0.2) is 24.3 Å². The van der Waals surface area contributed by atoms with Crippen molar-refractivity contribution in [2.75, 3.05) is 0 Å². The molecule has 0 saturated carbocycles. The van der Waals surface area contributed by atoms with Gasteiger partial charge in [-0.3, -0.25) is 4.98 Å². The monoisotopic (exact) mass is 246 g/mol. The SMILES string of the molecule is CCC(C)NCc1cc(C)nc2ccc(F)cc12. The molecule has 0 radical (unpaired) electrons. The van der Waals surface area contributed by atoms with Crippen LogP contribution in [0.3, 0.4) is 0 Å². The molecular weight excluding hydrogens is 227 g/mol. The first kappa shape index (κ1) is 13.0. The highest BCUT2D eigenvalue weighted by Gasteiger charge is 2.06. The molecule has 0 saturated heterocycles. The molecule has 18 heavy (non-hydrogen) atoms. The van der Waals surface area contributed by atoms with Crippen molar-refractivity contribution in [2.45, 2.75) is 39.8 Å². The van der Waals surface area contributed by atoms with E-state index >= 15 is 0 Å². The van der Waals surface area contributed by atoms with E-state index < -0.39 is 0 Å². The first-order chi connectivity index (χ1) is 8.60. The maximum atomic E-state index is 13.3. The average molecular weight is 246 g/mol. The van der Waals surface area contributed by atoms with Gasteiger partial charge in [0, 0.05) is 23.7 Å². The molecule has 1 atom stereocenters. The molecule has 0 spiro atoms. The van der Waals surface area contributed by atoms with Crippen molar-refractivity contribution >= 4 is 10.9 Å². The van der Waals surface area contributed by atoms with E-state index in [0.29, 0.717) is 6.04 Å². The number of aryl methyl sites for hydroxylation is 1. The predicted molar refractivity (Wildman–Crippen MR) is 73.0 cm³/mol. The number of hydrogen-bond donors (Lipinski definition) is 1. The van der Waals surface area contributed by atoms with Crippen molar-refractivity contribution in [1.82, 2.24) is 10.3 Å². The zero-order valence-electron chi connectivity index (χ0n) is 11.1. The van der Waals surface area contributed by atoms with Gasteiger partial charge in [-0.2, -0.15) is 0 Å². The van der Waals surface area contributed by atoms with Gasteiger partial charge in [-0.05, 0) is 50.1 Å². The van der Waals surface area contributed by atoms with E-state index in [2.05, 4.69) is 24.1 Å². The van der Waals surface area contributed by atoms with Crippen molar-refractivity contribution in [3.8, 4) is 0 Å². The van der Waals surface area contributed by atoms with Crippen LogP contribution in [0.2, 0.25) is 0 Å². The molecule has 1 heterocycles. The van der Waals surface area contributed by atoms with Crippen LogP contribution in [0.5, 0.6) is 0 Å². The number of fused-ring (bicyclic) bond motifs is 1. The number of nitrogens with one attached hydrogen (secondary N) is 1. The third kappa shape index (κ3) is 2.85. The number of rotatable bonds is 4. The zero-order valence-corrected chi connectivity index (χ0v) is 11.1. The standard InChI is InChI=1S/C15H19FN2/c1-4-10(2)17-9-12-7-11(3)18-15-6-5-13(16)8-14(12)15/h5-8,10,17H,4,9H2,1-3H3. The lowest BCUT2D eigenvalue weighted by molar-refractivity contribution is 0.535. The molecule has 2 aromatic rings. The van der Waals surface area contributed by atoms with Crippen LogP contribution in [-0.2, 0) is 6.54 Å². The molecule has 3 heteroatoms. The fourth-order valence-electron chi connectivity index (χ4n) is 1.99. The summed E-state index contributed by atoms with van der Waals surface area (Å²) >= 11 is 0. The first-order valence-electron chi connectivity index (χ1n) is 6.39. The lowest BCUT2D eigenvalue weighted by Gasteiger charge is -2.13. The molecule has 1 unspecified atom stereocenters. The highest BCUT2D eigenvalue weighted by molar-refractivity contribution is 5.82. The number of hydrogen-bond acceptors (Lipinski definition) is 2. The normalized spacial score (nSPS) is 12.9. The Bertz CT molecular complexity index is 551. The van der Waals surface area contributed by atoms with Crippen LogP contribution in [0.4, 0.5) is 4.39 Å². The van der Waals surface area contributed by atoms with Crippen molar-refractivity contribution < 1.29 is 4.39 Å². The van der Waals surface area contributed by atoms with E-state index in [0.717, 1.165) is 35.1 Å². The largest absolute Gasteiger partial charge is 0.310 e. The summed E-state index contributed by atoms with van der Waals surface area (Å²) in [5, 5.41) is 4.34. The van der Waals surface area contributed by atoms with Gasteiger partial charge < -0.3 is 5.32 Å². The van der Waals surface area contributed by atoms with Crippen LogP contribution >= 0.6 is 0 Å². The van der Waals surface area contributed by atoms with E-state index in [1.54, 1.807) is 12.1 Å². The second-order valence-electron chi connectivity index (χ2n) is 4.77. The molecule has 1 N–H and O–H groups in total. The molecule has 0 amide bonds. The van der Waals surface area contributed by atoms with Crippen LogP contribution in [0.1, 0.15) is 31.5 Å². The average Bonchev–Trinajstić information content (AvgIpc) is 2.36. The van der Waals surface area contributed by atoms with Gasteiger partial charge in [0.1, 0.15) is 5.82 Å². The smallest absolute Gasteiger partial charge is 0.123 e. The number of nitrogens with zero attached hydrogens (tertiary/aromatic N) is 1. The molecule has 1 aromatic heterocycles. The summed E-state index contributed by atoms with van der Waals surface area (Å²) in [5.74, 6) is -0.210. The van der Waals surface area contributed by atoms with E-state index in [1.807, 2.05) is 13.0 Å². The maximum Gasteiger partial charge on any atom is 0.123 e. The number of halogens is 1. The Labute approximate surface area is 107 Å². The van der Waals surface area contributed by atoms with Crippen LogP contribution < -0.4 is 5.32 Å². The summed E-state index contributed by atoms with van der Waals surface area (Å²) in [6.07, 6.45) is 1.08. The van der Waals surface area contributed by atoms with Gasteiger partial charge in [-0.25, -0.2) is 4.39 Å². The molecule has 0 aliphatic heterocycles. The third-order valence-electron chi connectivity index (χ3n) is 3.24. The van der Waals surface area contributed by atoms with Crippen molar-refractivity contribution in [1.29, 1.82) is 0 Å². The molecule has 0 aliphatic carbocycles. The minimum absolute atomic E-state index is 0.210. The number of benzene rings is 1. The molecule has 2 nitrogen and oxygen atoms in total. The van der Waals surface area contributed by atoms with Gasteiger partial charge >= 0.3 is 0 Å². The quantitative estimate of drug-likeness (QED) is 0.892. The topological polar surface area (TPSA) is 24.9 Å². The van der Waals surface area contributed by atoms with E-state index in [9.17, 15) is 4.39 Å². The zero-order chi connectivity index (χ0) is 13.1. The lowest BCUT2D eigenvalue weighted by Crippen LogP contribution is -2.24. The fraction of sp³-hybridized carbons (Fsp3) is 0.400. The fourth-order valence-corrected chi connectivity index (χ4v) is 1.99. The molecule has 0 aliphatic rings. The summed E-state index contributed by atoms with van der Waals surface area (Å²) in [6.45, 7) is 7.01. The second-order valence-corrected chi connectivity index (χ2v) is 4.77. The lowest BCUT2D eigenvalue weighted by atomic mass is 10.1. The van der Waals surface area contributed by atoms with E-state index in [1.165, 1.54) is 6.07 Å². The Hall–Kier alpha value is -1.48. The summed E-state index contributed by atoms with van der Waals surface area (Å²) in [6, 6.07) is 7.25. The molecule has 96 valence electrons. The van der Waals surface area contributed by atoms with Gasteiger partial charge in [0.05, 0.1) is 5.52 Å². The molecule has 0 fully saturated rings. The molecule has 1 aromatic carbocycles. The van der Waals surface area contributed by atoms with Gasteiger partial charge in [-0.1, -0.05) is 6.92 Å². The van der Waals surface area contributed by atoms with Crippen LogP contribution in [0, 0.1) is 12.7 Å². The molecular formula is C15H19FN2. The Morgan fingerprint density at radius 1 is 1.33 bits per heavy atom. The minimum Gasteiger partial charge on any atom is -0.310 e. The minimum atomic E-state index is -0.210. The summed E-state index contributed by atoms with van der Waals surface area (Å²) < 4.78 is 13.3. The van der Waals surface area contributed by atoms with Crippen molar-refractivity contribution in [3.63, 3.8) is 0 Å². The number of pyridine rings is 1. The van der Waals surface area contributed by atoms with E-state index in [4.69, 9.17) is 0 Å². The third-order valence-corrected chi connectivity index (χ3v) is 3.24. The molecule has 2 rings (SSSR count). The number of aromatic nitrogens is 1. The highest BCUT2D eigenvalue weighted by Crippen LogP contribution is 2.19. The Balaban J connectivity index is 2.38. The first-order valence-corrected chi connectivity index (χ1v) is 6.39. The van der Waals surface area contributed by atoms with Crippen molar-refractivity contribution in [2.24, 2.45) is 0 Å². The van der Waals surface area contributed by atoms with Crippen molar-refractivity contribution in [3.05, 3.63) is 41.3 Å². The second kappa shape index (κ2) is 5.44. The Morgan fingerprint density at radius 3 is 2.83 bits per heavy atom. The van der Waals surface area contributed by atoms with Crippen LogP contribution in [0.25, 0.3) is 10.9 Å². The Morgan fingerprint density at radius 2 is 2.11 bits per heavy atom. The Kier molecular flexibility index (Phi) is 3.92. The summed E-state index contributed by atoms with van der Waals surface area (Å²) in [5.41, 5.74) is 2.93. The van der Waals surface area contributed by atoms with Gasteiger partial charge in [0.2, 0.25) is 0 Å². The van der Waals surface area contributed by atoms with Gasteiger partial charge in [0.25, 0.3) is 0 Å². The maximum absolute atomic E-state index is 13.3. The van der Waals surface area contributed by atoms with Gasteiger partial charge in [0.15, 0.2) is 0 Å². The van der Waals surface area contributed by atoms with Crippen LogP contribution in [-0.4, -0.2) is 11.0 Å². The van der Waals surface area contributed by atoms with E-state index in [-0.39, 0.29) is 5.82 Å². The van der Waals surface area contributed by atoms with Gasteiger partial charge in [-0.15, -0.1) is 0 Å². The summed E-state index contributed by atoms with van der Waals surface area (Å²) in [7, 11) is 0. The summed E-state index contributed by atoms with van der Waals surface area (Å²) in [4.78, 5) is 4.43. The predicted octanol–water partition coefficient (Wildman–Crippen LogP) is 3.57. The highest BCUT2D eigenvalue weighted by atomic mass is 19.1.